The lowest BCUT2D eigenvalue weighted by Crippen LogP contribution is -2.02. The number of rotatable bonds is 3. The molecule has 1 aliphatic rings. The lowest BCUT2D eigenvalue weighted by atomic mass is 10.2. The van der Waals surface area contributed by atoms with Crippen molar-refractivity contribution in [2.24, 2.45) is 0 Å². The summed E-state index contributed by atoms with van der Waals surface area (Å²) in [4.78, 5) is 0. The molecule has 0 N–H and O–H groups in total. The zero-order valence-corrected chi connectivity index (χ0v) is 8.53. The average Bonchev–Trinajstić information content (AvgIpc) is 2.74. The van der Waals surface area contributed by atoms with Gasteiger partial charge in [-0.2, -0.15) is 0 Å². The van der Waals surface area contributed by atoms with Crippen molar-refractivity contribution < 1.29 is 18.6 Å². The van der Waals surface area contributed by atoms with E-state index < -0.39 is 6.29 Å². The van der Waals surface area contributed by atoms with Gasteiger partial charge < -0.3 is 14.2 Å². The normalized spacial score (nSPS) is 16.9. The Morgan fingerprint density at radius 3 is 2.80 bits per heavy atom. The van der Waals surface area contributed by atoms with Crippen LogP contribution in [0.3, 0.4) is 0 Å². The summed E-state index contributed by atoms with van der Waals surface area (Å²) in [6.45, 7) is 3.44. The predicted molar refractivity (Wildman–Crippen MR) is 52.2 cm³/mol. The minimum Gasteiger partial charge on any atom is -0.494 e. The Hall–Kier alpha value is -1.13. The minimum atomic E-state index is -0.592. The first-order valence-corrected chi connectivity index (χ1v) is 4.96. The molecule has 0 aromatic heterocycles. The van der Waals surface area contributed by atoms with Crippen LogP contribution in [-0.2, 0) is 9.47 Å². The smallest absolute Gasteiger partial charge is 0.186 e. The Morgan fingerprint density at radius 1 is 1.40 bits per heavy atom. The van der Waals surface area contributed by atoms with Gasteiger partial charge in [-0.05, 0) is 25.1 Å². The van der Waals surface area contributed by atoms with E-state index in [1.165, 1.54) is 6.07 Å². The standard InChI is InChI=1S/C11H13FO3/c1-2-13-8-3-4-10(12)9(7-8)11-14-5-6-15-11/h3-4,7,11H,2,5-6H2,1H3. The van der Waals surface area contributed by atoms with Crippen molar-refractivity contribution in [3.8, 4) is 5.75 Å². The lowest BCUT2D eigenvalue weighted by Gasteiger charge is -2.12. The first-order valence-electron chi connectivity index (χ1n) is 4.96. The van der Waals surface area contributed by atoms with Gasteiger partial charge in [0.2, 0.25) is 0 Å². The Kier molecular flexibility index (Phi) is 3.18. The first kappa shape index (κ1) is 10.4. The summed E-state index contributed by atoms with van der Waals surface area (Å²) in [5.74, 6) is 0.304. The topological polar surface area (TPSA) is 27.7 Å². The maximum absolute atomic E-state index is 13.4. The van der Waals surface area contributed by atoms with Gasteiger partial charge in [0.1, 0.15) is 11.6 Å². The summed E-state index contributed by atoms with van der Waals surface area (Å²) in [5, 5.41) is 0. The van der Waals surface area contributed by atoms with Gasteiger partial charge in [0.25, 0.3) is 0 Å². The van der Waals surface area contributed by atoms with Gasteiger partial charge in [-0.1, -0.05) is 0 Å². The summed E-state index contributed by atoms with van der Waals surface area (Å²) in [6.07, 6.45) is -0.592. The number of hydrogen-bond acceptors (Lipinski definition) is 3. The quantitative estimate of drug-likeness (QED) is 0.769. The zero-order chi connectivity index (χ0) is 10.7. The lowest BCUT2D eigenvalue weighted by molar-refractivity contribution is -0.0466. The molecule has 3 nitrogen and oxygen atoms in total. The Morgan fingerprint density at radius 2 is 2.13 bits per heavy atom. The highest BCUT2D eigenvalue weighted by Gasteiger charge is 2.22. The van der Waals surface area contributed by atoms with Crippen LogP contribution < -0.4 is 4.74 Å². The molecular weight excluding hydrogens is 199 g/mol. The molecule has 0 spiro atoms. The predicted octanol–water partition coefficient (Wildman–Crippen LogP) is 2.27. The highest BCUT2D eigenvalue weighted by Crippen LogP contribution is 2.28. The van der Waals surface area contributed by atoms with E-state index in [4.69, 9.17) is 14.2 Å². The number of benzene rings is 1. The summed E-state index contributed by atoms with van der Waals surface area (Å²) >= 11 is 0. The second-order valence-electron chi connectivity index (χ2n) is 3.19. The van der Waals surface area contributed by atoms with E-state index in [-0.39, 0.29) is 5.82 Å². The molecule has 0 aliphatic carbocycles. The van der Waals surface area contributed by atoms with Crippen LogP contribution in [0.25, 0.3) is 0 Å². The van der Waals surface area contributed by atoms with Gasteiger partial charge in [-0.3, -0.25) is 0 Å². The molecule has 0 amide bonds. The molecule has 1 heterocycles. The van der Waals surface area contributed by atoms with Crippen LogP contribution in [0.2, 0.25) is 0 Å². The SMILES string of the molecule is CCOc1ccc(F)c(C2OCCO2)c1. The maximum Gasteiger partial charge on any atom is 0.186 e. The molecule has 2 rings (SSSR count). The third-order valence-electron chi connectivity index (χ3n) is 2.15. The van der Waals surface area contributed by atoms with E-state index in [2.05, 4.69) is 0 Å². The van der Waals surface area contributed by atoms with Crippen molar-refractivity contribution in [3.05, 3.63) is 29.6 Å². The van der Waals surface area contributed by atoms with E-state index in [0.717, 1.165) is 0 Å². The molecule has 82 valence electrons. The fraction of sp³-hybridized carbons (Fsp3) is 0.455. The van der Waals surface area contributed by atoms with E-state index >= 15 is 0 Å². The van der Waals surface area contributed by atoms with Crippen molar-refractivity contribution in [1.29, 1.82) is 0 Å². The second kappa shape index (κ2) is 4.59. The Bertz CT molecular complexity index is 335. The van der Waals surface area contributed by atoms with E-state index in [9.17, 15) is 4.39 Å². The molecular formula is C11H13FO3. The summed E-state index contributed by atoms with van der Waals surface area (Å²) in [6, 6.07) is 4.58. The molecule has 1 fully saturated rings. The number of halogens is 1. The molecule has 1 aromatic rings. The van der Waals surface area contributed by atoms with Crippen molar-refractivity contribution >= 4 is 0 Å². The molecule has 0 saturated carbocycles. The van der Waals surface area contributed by atoms with Gasteiger partial charge in [0.15, 0.2) is 6.29 Å². The Balaban J connectivity index is 2.23. The van der Waals surface area contributed by atoms with E-state index in [1.54, 1.807) is 12.1 Å². The maximum atomic E-state index is 13.4. The monoisotopic (exact) mass is 212 g/mol. The van der Waals surface area contributed by atoms with Crippen LogP contribution in [0, 0.1) is 5.82 Å². The molecule has 1 aromatic carbocycles. The molecule has 0 radical (unpaired) electrons. The van der Waals surface area contributed by atoms with Gasteiger partial charge in [-0.25, -0.2) is 4.39 Å². The molecule has 0 bridgehead atoms. The first-order chi connectivity index (χ1) is 7.31. The minimum absolute atomic E-state index is 0.328. The zero-order valence-electron chi connectivity index (χ0n) is 8.53. The highest BCUT2D eigenvalue weighted by molar-refractivity contribution is 5.30. The van der Waals surface area contributed by atoms with Crippen molar-refractivity contribution in [2.45, 2.75) is 13.2 Å². The van der Waals surface area contributed by atoms with Crippen molar-refractivity contribution in [3.63, 3.8) is 0 Å². The molecule has 0 atom stereocenters. The third kappa shape index (κ3) is 2.27. The largest absolute Gasteiger partial charge is 0.494 e. The average molecular weight is 212 g/mol. The number of hydrogen-bond donors (Lipinski definition) is 0. The van der Waals surface area contributed by atoms with Gasteiger partial charge in [0.05, 0.1) is 19.8 Å². The summed E-state index contributed by atoms with van der Waals surface area (Å²) in [7, 11) is 0. The second-order valence-corrected chi connectivity index (χ2v) is 3.19. The number of ether oxygens (including phenoxy) is 3. The van der Waals surface area contributed by atoms with Crippen LogP contribution in [0.4, 0.5) is 4.39 Å². The fourth-order valence-electron chi connectivity index (χ4n) is 1.50. The van der Waals surface area contributed by atoms with E-state index in [0.29, 0.717) is 31.1 Å². The summed E-state index contributed by atoms with van der Waals surface area (Å²) < 4.78 is 29.2. The third-order valence-corrected chi connectivity index (χ3v) is 2.15. The molecule has 0 unspecified atom stereocenters. The Labute approximate surface area is 87.8 Å². The van der Waals surface area contributed by atoms with Gasteiger partial charge >= 0.3 is 0 Å². The van der Waals surface area contributed by atoms with Crippen LogP contribution in [0.1, 0.15) is 18.8 Å². The molecule has 1 aliphatic heterocycles. The van der Waals surface area contributed by atoms with Crippen LogP contribution in [0.15, 0.2) is 18.2 Å². The molecule has 4 heteroatoms. The summed E-state index contributed by atoms with van der Waals surface area (Å²) in [5.41, 5.74) is 0.401. The van der Waals surface area contributed by atoms with Crippen LogP contribution in [-0.4, -0.2) is 19.8 Å². The molecule has 1 saturated heterocycles. The van der Waals surface area contributed by atoms with Gasteiger partial charge in [-0.15, -0.1) is 0 Å². The van der Waals surface area contributed by atoms with Crippen LogP contribution in [0.5, 0.6) is 5.75 Å². The fourth-order valence-corrected chi connectivity index (χ4v) is 1.50. The highest BCUT2D eigenvalue weighted by atomic mass is 19.1. The van der Waals surface area contributed by atoms with Gasteiger partial charge in [0, 0.05) is 5.56 Å². The van der Waals surface area contributed by atoms with Crippen molar-refractivity contribution in [1.82, 2.24) is 0 Å². The van der Waals surface area contributed by atoms with Crippen molar-refractivity contribution in [2.75, 3.05) is 19.8 Å². The van der Waals surface area contributed by atoms with Crippen LogP contribution >= 0.6 is 0 Å². The molecule has 15 heavy (non-hydrogen) atoms. The van der Waals surface area contributed by atoms with E-state index in [1.807, 2.05) is 6.92 Å².